The molecule has 0 atom stereocenters. The van der Waals surface area contributed by atoms with Crippen molar-refractivity contribution in [3.05, 3.63) is 87.3 Å². The molecule has 0 aromatic heterocycles. The first-order valence-electron chi connectivity index (χ1n) is 12.6. The minimum Gasteiger partial charge on any atom is -0.492 e. The van der Waals surface area contributed by atoms with Gasteiger partial charge in [0, 0.05) is 10.7 Å². The van der Waals surface area contributed by atoms with Crippen LogP contribution < -0.4 is 19.5 Å². The highest BCUT2D eigenvalue weighted by atomic mass is 35.5. The standard InChI is InChI=1S/C30H29ClN2O6S/c1-4-37-26-16-21(6-12-25(26)39-18-28(34)32-23-9-5-19(2)20(3)15-23)17-27-29(35)33(30(36)40-27)13-14-38-24-10-7-22(31)8-11-24/h5-12,15-17H,4,13-14,18H2,1-3H3,(H,32,34)/b27-17-. The average Bonchev–Trinajstić information content (AvgIpc) is 3.19. The van der Waals surface area contributed by atoms with Gasteiger partial charge < -0.3 is 19.5 Å². The zero-order chi connectivity index (χ0) is 28.6. The van der Waals surface area contributed by atoms with Gasteiger partial charge in [0.2, 0.25) is 0 Å². The molecule has 0 unspecified atom stereocenters. The van der Waals surface area contributed by atoms with Crippen molar-refractivity contribution in [1.29, 1.82) is 0 Å². The van der Waals surface area contributed by atoms with Gasteiger partial charge in [0.25, 0.3) is 17.1 Å². The van der Waals surface area contributed by atoms with E-state index in [4.69, 9.17) is 25.8 Å². The van der Waals surface area contributed by atoms with E-state index in [0.717, 1.165) is 27.8 Å². The Morgan fingerprint density at radius 1 is 0.950 bits per heavy atom. The molecule has 208 valence electrons. The van der Waals surface area contributed by atoms with Crippen molar-refractivity contribution in [3.63, 3.8) is 0 Å². The summed E-state index contributed by atoms with van der Waals surface area (Å²) in [6.45, 7) is 6.27. The molecule has 1 saturated heterocycles. The lowest BCUT2D eigenvalue weighted by Crippen LogP contribution is -2.32. The van der Waals surface area contributed by atoms with E-state index in [1.54, 1.807) is 48.5 Å². The highest BCUT2D eigenvalue weighted by Crippen LogP contribution is 2.34. The van der Waals surface area contributed by atoms with E-state index in [0.29, 0.717) is 45.0 Å². The van der Waals surface area contributed by atoms with Crippen LogP contribution in [0.5, 0.6) is 17.2 Å². The summed E-state index contributed by atoms with van der Waals surface area (Å²) in [6, 6.07) is 17.6. The van der Waals surface area contributed by atoms with Crippen LogP contribution in [0.4, 0.5) is 10.5 Å². The van der Waals surface area contributed by atoms with E-state index in [1.807, 2.05) is 39.0 Å². The Labute approximate surface area is 242 Å². The number of amides is 3. The molecule has 8 nitrogen and oxygen atoms in total. The fraction of sp³-hybridized carbons (Fsp3) is 0.233. The maximum absolute atomic E-state index is 12.9. The molecule has 1 aliphatic rings. The van der Waals surface area contributed by atoms with Crippen molar-refractivity contribution in [2.45, 2.75) is 20.8 Å². The summed E-state index contributed by atoms with van der Waals surface area (Å²) in [5, 5.41) is 3.05. The van der Waals surface area contributed by atoms with E-state index in [2.05, 4.69) is 5.32 Å². The van der Waals surface area contributed by atoms with Crippen LogP contribution in [0.15, 0.2) is 65.6 Å². The van der Waals surface area contributed by atoms with E-state index >= 15 is 0 Å². The minimum atomic E-state index is -0.393. The normalized spacial score (nSPS) is 14.0. The molecular formula is C30H29ClN2O6S. The number of imide groups is 1. The number of carbonyl (C=O) groups excluding carboxylic acids is 3. The molecule has 0 radical (unpaired) electrons. The van der Waals surface area contributed by atoms with Crippen LogP contribution in [0, 0.1) is 13.8 Å². The summed E-state index contributed by atoms with van der Waals surface area (Å²) in [5.74, 6) is 0.715. The van der Waals surface area contributed by atoms with Crippen molar-refractivity contribution in [2.75, 3.05) is 31.7 Å². The molecule has 10 heteroatoms. The number of benzene rings is 3. The van der Waals surface area contributed by atoms with Gasteiger partial charge in [-0.1, -0.05) is 23.7 Å². The lowest BCUT2D eigenvalue weighted by molar-refractivity contribution is -0.123. The summed E-state index contributed by atoms with van der Waals surface area (Å²) in [6.07, 6.45) is 1.63. The van der Waals surface area contributed by atoms with Gasteiger partial charge in [-0.25, -0.2) is 0 Å². The number of thioether (sulfide) groups is 1. The summed E-state index contributed by atoms with van der Waals surface area (Å²) in [4.78, 5) is 39.3. The fourth-order valence-electron chi connectivity index (χ4n) is 3.79. The topological polar surface area (TPSA) is 94.2 Å². The monoisotopic (exact) mass is 580 g/mol. The predicted molar refractivity (Wildman–Crippen MR) is 157 cm³/mol. The Morgan fingerprint density at radius 3 is 2.45 bits per heavy atom. The number of nitrogens with zero attached hydrogens (tertiary/aromatic N) is 1. The summed E-state index contributed by atoms with van der Waals surface area (Å²) in [5.41, 5.74) is 3.57. The first-order valence-corrected chi connectivity index (χ1v) is 13.8. The van der Waals surface area contributed by atoms with Crippen molar-refractivity contribution < 1.29 is 28.6 Å². The molecule has 0 bridgehead atoms. The molecule has 40 heavy (non-hydrogen) atoms. The number of anilines is 1. The van der Waals surface area contributed by atoms with Gasteiger partial charge >= 0.3 is 0 Å². The number of hydrogen-bond donors (Lipinski definition) is 1. The molecule has 3 amide bonds. The van der Waals surface area contributed by atoms with Crippen LogP contribution in [0.25, 0.3) is 6.08 Å². The number of halogens is 1. The van der Waals surface area contributed by atoms with Gasteiger partial charge in [-0.15, -0.1) is 0 Å². The largest absolute Gasteiger partial charge is 0.492 e. The SMILES string of the molecule is CCOc1cc(/C=C2\SC(=O)N(CCOc3ccc(Cl)cc3)C2=O)ccc1OCC(=O)Nc1ccc(C)c(C)c1. The van der Waals surface area contributed by atoms with Gasteiger partial charge in [-0.05, 0) is 104 Å². The smallest absolute Gasteiger partial charge is 0.293 e. The van der Waals surface area contributed by atoms with Gasteiger partial charge in [-0.2, -0.15) is 0 Å². The summed E-state index contributed by atoms with van der Waals surface area (Å²) < 4.78 is 17.1. The zero-order valence-corrected chi connectivity index (χ0v) is 23.9. The Bertz CT molecular complexity index is 1440. The lowest BCUT2D eigenvalue weighted by atomic mass is 10.1. The molecule has 3 aromatic carbocycles. The Hall–Kier alpha value is -3.95. The molecule has 4 rings (SSSR count). The van der Waals surface area contributed by atoms with Crippen molar-refractivity contribution in [2.24, 2.45) is 0 Å². The molecule has 1 N–H and O–H groups in total. The van der Waals surface area contributed by atoms with Crippen molar-refractivity contribution in [1.82, 2.24) is 4.90 Å². The maximum atomic E-state index is 12.9. The number of rotatable bonds is 11. The number of ether oxygens (including phenoxy) is 3. The number of nitrogens with one attached hydrogen (secondary N) is 1. The second-order valence-corrected chi connectivity index (χ2v) is 10.3. The van der Waals surface area contributed by atoms with Crippen LogP contribution in [-0.2, 0) is 9.59 Å². The molecule has 3 aromatic rings. The summed E-state index contributed by atoms with van der Waals surface area (Å²) >= 11 is 6.74. The third-order valence-electron chi connectivity index (χ3n) is 5.99. The molecule has 0 spiro atoms. The second-order valence-electron chi connectivity index (χ2n) is 8.91. The van der Waals surface area contributed by atoms with Gasteiger partial charge in [-0.3, -0.25) is 19.3 Å². The van der Waals surface area contributed by atoms with Crippen LogP contribution in [-0.4, -0.2) is 48.3 Å². The van der Waals surface area contributed by atoms with Crippen LogP contribution in [0.3, 0.4) is 0 Å². The van der Waals surface area contributed by atoms with E-state index < -0.39 is 5.91 Å². The highest BCUT2D eigenvalue weighted by molar-refractivity contribution is 8.18. The van der Waals surface area contributed by atoms with E-state index in [9.17, 15) is 14.4 Å². The average molecular weight is 581 g/mol. The van der Waals surface area contributed by atoms with Crippen LogP contribution >= 0.6 is 23.4 Å². The van der Waals surface area contributed by atoms with Crippen LogP contribution in [0.2, 0.25) is 5.02 Å². The fourth-order valence-corrected chi connectivity index (χ4v) is 4.78. The van der Waals surface area contributed by atoms with Gasteiger partial charge in [0.15, 0.2) is 18.1 Å². The first-order chi connectivity index (χ1) is 19.2. The zero-order valence-electron chi connectivity index (χ0n) is 22.4. The third-order valence-corrected chi connectivity index (χ3v) is 7.15. The molecule has 1 heterocycles. The number of aryl methyl sites for hydroxylation is 2. The van der Waals surface area contributed by atoms with Crippen molar-refractivity contribution >= 4 is 52.2 Å². The van der Waals surface area contributed by atoms with E-state index in [-0.39, 0.29) is 30.9 Å². The predicted octanol–water partition coefficient (Wildman–Crippen LogP) is 6.49. The Kier molecular flexibility index (Phi) is 9.74. The minimum absolute atomic E-state index is 0.117. The van der Waals surface area contributed by atoms with Crippen molar-refractivity contribution in [3.8, 4) is 17.2 Å². The molecule has 1 fully saturated rings. The summed E-state index contributed by atoms with van der Waals surface area (Å²) in [7, 11) is 0. The maximum Gasteiger partial charge on any atom is 0.293 e. The van der Waals surface area contributed by atoms with E-state index in [1.165, 1.54) is 0 Å². The Morgan fingerprint density at radius 2 is 1.73 bits per heavy atom. The quantitative estimate of drug-likeness (QED) is 0.259. The van der Waals surface area contributed by atoms with Gasteiger partial charge in [0.05, 0.1) is 18.1 Å². The van der Waals surface area contributed by atoms with Crippen LogP contribution in [0.1, 0.15) is 23.6 Å². The second kappa shape index (κ2) is 13.4. The molecular weight excluding hydrogens is 552 g/mol. The number of hydrogen-bond acceptors (Lipinski definition) is 7. The molecule has 0 aliphatic carbocycles. The first kappa shape index (κ1) is 29.0. The lowest BCUT2D eigenvalue weighted by Gasteiger charge is -2.14. The highest BCUT2D eigenvalue weighted by Gasteiger charge is 2.34. The Balaban J connectivity index is 1.37. The number of carbonyl (C=O) groups is 3. The third kappa shape index (κ3) is 7.58. The molecule has 0 saturated carbocycles. The molecule has 1 aliphatic heterocycles. The van der Waals surface area contributed by atoms with Gasteiger partial charge in [0.1, 0.15) is 12.4 Å².